The molecule has 1 aromatic heterocycles. The predicted molar refractivity (Wildman–Crippen MR) is 131 cm³/mol. The largest absolute Gasteiger partial charge is 0.376 e. The molecule has 2 aromatic rings. The Morgan fingerprint density at radius 3 is 2.61 bits per heavy atom. The van der Waals surface area contributed by atoms with E-state index in [-0.39, 0.29) is 54.7 Å². The minimum absolute atomic E-state index is 0.0152. The number of ether oxygens (including phenoxy) is 1. The molecule has 1 saturated carbocycles. The third kappa shape index (κ3) is 5.57. The number of nitrogens with one attached hydrogen (secondary N) is 1. The van der Waals surface area contributed by atoms with Gasteiger partial charge in [0.05, 0.1) is 37.6 Å². The van der Waals surface area contributed by atoms with Crippen LogP contribution in [0.3, 0.4) is 0 Å². The lowest BCUT2D eigenvalue weighted by molar-refractivity contribution is -0.136. The van der Waals surface area contributed by atoms with Crippen LogP contribution in [0, 0.1) is 17.7 Å². The third-order valence-electron chi connectivity index (χ3n) is 7.76. The van der Waals surface area contributed by atoms with Gasteiger partial charge in [0.1, 0.15) is 11.6 Å². The zero-order valence-corrected chi connectivity index (χ0v) is 20.7. The van der Waals surface area contributed by atoms with Crippen LogP contribution in [-0.4, -0.2) is 63.7 Å². The molecule has 1 aromatic carbocycles. The molecule has 36 heavy (non-hydrogen) atoms. The number of carbonyl (C=O) groups is 2. The molecular weight excluding hydrogens is 463 g/mol. The van der Waals surface area contributed by atoms with Crippen LogP contribution in [0.5, 0.6) is 0 Å². The van der Waals surface area contributed by atoms with Crippen molar-refractivity contribution in [3.8, 4) is 0 Å². The van der Waals surface area contributed by atoms with Crippen molar-refractivity contribution in [3.05, 3.63) is 63.1 Å². The lowest BCUT2D eigenvalue weighted by Gasteiger charge is -2.34. The number of benzene rings is 1. The first kappa shape index (κ1) is 24.8. The summed E-state index contributed by atoms with van der Waals surface area (Å²) in [5, 5.41) is 0. The Balaban J connectivity index is 1.22. The van der Waals surface area contributed by atoms with Crippen LogP contribution in [0.2, 0.25) is 0 Å². The summed E-state index contributed by atoms with van der Waals surface area (Å²) in [6, 6.07) is 5.78. The highest BCUT2D eigenvalue weighted by molar-refractivity contribution is 5.97. The van der Waals surface area contributed by atoms with Gasteiger partial charge in [0.15, 0.2) is 5.78 Å². The van der Waals surface area contributed by atoms with Crippen molar-refractivity contribution in [2.45, 2.75) is 58.2 Å². The second-order valence-electron chi connectivity index (χ2n) is 10.3. The number of rotatable bonds is 8. The van der Waals surface area contributed by atoms with Gasteiger partial charge in [0, 0.05) is 23.9 Å². The van der Waals surface area contributed by atoms with E-state index in [2.05, 4.69) is 21.8 Å². The summed E-state index contributed by atoms with van der Waals surface area (Å²) in [6.07, 6.45) is 4.15. The van der Waals surface area contributed by atoms with E-state index in [0.29, 0.717) is 61.8 Å². The van der Waals surface area contributed by atoms with Gasteiger partial charge in [-0.25, -0.2) is 9.37 Å². The van der Waals surface area contributed by atoms with Crippen LogP contribution < -0.4 is 5.56 Å². The second-order valence-corrected chi connectivity index (χ2v) is 10.3. The van der Waals surface area contributed by atoms with E-state index < -0.39 is 0 Å². The first-order valence-corrected chi connectivity index (χ1v) is 12.9. The maximum Gasteiger partial charge on any atom is 0.256 e. The van der Waals surface area contributed by atoms with Gasteiger partial charge >= 0.3 is 0 Å². The Morgan fingerprint density at radius 1 is 1.19 bits per heavy atom. The van der Waals surface area contributed by atoms with Gasteiger partial charge in [0.25, 0.3) is 5.56 Å². The number of H-pyrrole nitrogens is 1. The minimum atomic E-state index is -0.353. The molecule has 2 fully saturated rings. The van der Waals surface area contributed by atoms with Gasteiger partial charge in [-0.05, 0) is 75.9 Å². The van der Waals surface area contributed by atoms with Crippen molar-refractivity contribution in [3.63, 3.8) is 0 Å². The molecule has 1 amide bonds. The number of nitrogens with zero attached hydrogens (tertiary/aromatic N) is 3. The van der Waals surface area contributed by atoms with E-state index in [9.17, 15) is 18.8 Å². The molecule has 5 rings (SSSR count). The topological polar surface area (TPSA) is 95.6 Å². The molecule has 3 heterocycles. The molecule has 9 heteroatoms. The molecule has 1 atom stereocenters. The number of carbonyl (C=O) groups excluding carboxylic acids is 2. The molecule has 1 unspecified atom stereocenters. The summed E-state index contributed by atoms with van der Waals surface area (Å²) in [5.41, 5.74) is 1.69. The fourth-order valence-corrected chi connectivity index (χ4v) is 5.31. The van der Waals surface area contributed by atoms with Crippen LogP contribution in [0.15, 0.2) is 29.1 Å². The highest BCUT2D eigenvalue weighted by Crippen LogP contribution is 2.35. The van der Waals surface area contributed by atoms with E-state index in [1.807, 2.05) is 4.90 Å². The van der Waals surface area contributed by atoms with Gasteiger partial charge < -0.3 is 14.6 Å². The zero-order valence-electron chi connectivity index (χ0n) is 20.7. The number of piperidine rings is 1. The highest BCUT2D eigenvalue weighted by Gasteiger charge is 2.36. The monoisotopic (exact) mass is 496 g/mol. The first-order valence-electron chi connectivity index (χ1n) is 12.9. The number of aromatic amines is 1. The van der Waals surface area contributed by atoms with Crippen LogP contribution in [0.25, 0.3) is 0 Å². The molecule has 1 N–H and O–H groups in total. The molecule has 192 valence electrons. The summed E-state index contributed by atoms with van der Waals surface area (Å²) in [7, 11) is 0. The SMILES string of the molecule is CC(C1CC1)N(Cc1nc2c(c(=O)[nH]1)COCC2)C(=O)CN1CCC(C(=O)c2ccc(F)cc2)CC1. The van der Waals surface area contributed by atoms with Crippen molar-refractivity contribution < 1.29 is 18.7 Å². The van der Waals surface area contributed by atoms with Crippen LogP contribution in [-0.2, 0) is 29.1 Å². The number of likely N-dealkylation sites (tertiary alicyclic amines) is 1. The summed E-state index contributed by atoms with van der Waals surface area (Å²) >= 11 is 0. The summed E-state index contributed by atoms with van der Waals surface area (Å²) in [6.45, 7) is 4.76. The number of fused-ring (bicyclic) bond motifs is 1. The number of Topliss-reactive ketones (excluding diaryl/α,β-unsaturated/α-hetero) is 1. The molecule has 0 bridgehead atoms. The summed E-state index contributed by atoms with van der Waals surface area (Å²) < 4.78 is 18.6. The Bertz CT molecular complexity index is 1170. The second kappa shape index (κ2) is 10.6. The quantitative estimate of drug-likeness (QED) is 0.565. The first-order chi connectivity index (χ1) is 17.4. The smallest absolute Gasteiger partial charge is 0.256 e. The Labute approximate surface area is 209 Å². The van der Waals surface area contributed by atoms with E-state index in [1.54, 1.807) is 0 Å². The van der Waals surface area contributed by atoms with Crippen molar-refractivity contribution in [1.29, 1.82) is 0 Å². The van der Waals surface area contributed by atoms with Gasteiger partial charge in [-0.15, -0.1) is 0 Å². The number of amides is 1. The molecule has 0 spiro atoms. The van der Waals surface area contributed by atoms with E-state index in [4.69, 9.17) is 4.74 Å². The van der Waals surface area contributed by atoms with Crippen molar-refractivity contribution in [1.82, 2.24) is 19.8 Å². The molecule has 0 radical (unpaired) electrons. The van der Waals surface area contributed by atoms with Crippen molar-refractivity contribution in [2.75, 3.05) is 26.2 Å². The fraction of sp³-hybridized carbons (Fsp3) is 0.556. The normalized spacial score (nSPS) is 19.5. The molecule has 1 aliphatic carbocycles. The predicted octanol–water partition coefficient (Wildman–Crippen LogP) is 2.70. The maximum absolute atomic E-state index is 13.5. The third-order valence-corrected chi connectivity index (χ3v) is 7.76. The van der Waals surface area contributed by atoms with Gasteiger partial charge in [-0.1, -0.05) is 0 Å². The average Bonchev–Trinajstić information content (AvgIpc) is 3.73. The molecular formula is C27H33FN4O4. The van der Waals surface area contributed by atoms with E-state index in [1.165, 1.54) is 24.3 Å². The van der Waals surface area contributed by atoms with Crippen LogP contribution in [0.4, 0.5) is 4.39 Å². The van der Waals surface area contributed by atoms with Crippen molar-refractivity contribution in [2.24, 2.45) is 11.8 Å². The number of hydrogen-bond acceptors (Lipinski definition) is 6. The standard InChI is InChI=1S/C27H33FN4O4/c1-17(18-2-3-18)32(14-24-29-23-10-13-36-16-22(23)27(35)30-24)25(33)15-31-11-8-20(9-12-31)26(34)19-4-6-21(28)7-5-19/h4-7,17-18,20H,2-3,8-16H2,1H3,(H,29,30,35). The highest BCUT2D eigenvalue weighted by atomic mass is 19.1. The number of halogens is 1. The van der Waals surface area contributed by atoms with Crippen LogP contribution in [0.1, 0.15) is 60.0 Å². The fourth-order valence-electron chi connectivity index (χ4n) is 5.31. The maximum atomic E-state index is 13.5. The molecule has 3 aliphatic rings. The molecule has 1 saturated heterocycles. The Kier molecular flexibility index (Phi) is 7.29. The average molecular weight is 497 g/mol. The van der Waals surface area contributed by atoms with E-state index >= 15 is 0 Å². The lowest BCUT2D eigenvalue weighted by atomic mass is 9.89. The van der Waals surface area contributed by atoms with Gasteiger partial charge in [0.2, 0.25) is 5.91 Å². The summed E-state index contributed by atoms with van der Waals surface area (Å²) in [5.74, 6) is 0.584. The number of aromatic nitrogens is 2. The number of hydrogen-bond donors (Lipinski definition) is 1. The zero-order chi connectivity index (χ0) is 25.2. The van der Waals surface area contributed by atoms with E-state index in [0.717, 1.165) is 18.5 Å². The Morgan fingerprint density at radius 2 is 1.92 bits per heavy atom. The summed E-state index contributed by atoms with van der Waals surface area (Å²) in [4.78, 5) is 50.3. The van der Waals surface area contributed by atoms with Gasteiger partial charge in [-0.3, -0.25) is 19.3 Å². The lowest BCUT2D eigenvalue weighted by Crippen LogP contribution is -2.47. The molecule has 8 nitrogen and oxygen atoms in total. The molecule has 2 aliphatic heterocycles. The Hall–Kier alpha value is -2.91. The minimum Gasteiger partial charge on any atom is -0.376 e. The van der Waals surface area contributed by atoms with Crippen LogP contribution >= 0.6 is 0 Å². The van der Waals surface area contributed by atoms with Crippen molar-refractivity contribution >= 4 is 11.7 Å². The number of ketones is 1. The van der Waals surface area contributed by atoms with Gasteiger partial charge in [-0.2, -0.15) is 0 Å².